The van der Waals surface area contributed by atoms with Crippen LogP contribution in [0.3, 0.4) is 0 Å². The Balaban J connectivity index is 1.36. The van der Waals surface area contributed by atoms with Crippen LogP contribution in [-0.4, -0.2) is 77.6 Å². The molecule has 0 spiro atoms. The number of nitrogens with one attached hydrogen (secondary N) is 2. The van der Waals surface area contributed by atoms with Gasteiger partial charge < -0.3 is 29.6 Å². The summed E-state index contributed by atoms with van der Waals surface area (Å²) in [4.78, 5) is 34.4. The van der Waals surface area contributed by atoms with Gasteiger partial charge in [0.15, 0.2) is 15.7 Å². The fourth-order valence-electron chi connectivity index (χ4n) is 4.32. The molecule has 2 aromatic heterocycles. The number of piperidine rings is 1. The minimum Gasteiger partial charge on any atom is -0.489 e. The first kappa shape index (κ1) is 30.1. The molecule has 1 saturated heterocycles. The summed E-state index contributed by atoms with van der Waals surface area (Å²) >= 11 is 6.56. The van der Waals surface area contributed by atoms with Crippen LogP contribution in [0.25, 0.3) is 11.0 Å². The number of likely N-dealkylation sites (tertiary alicyclic amines) is 1. The number of benzene rings is 1. The van der Waals surface area contributed by atoms with Gasteiger partial charge in [0.2, 0.25) is 5.91 Å². The lowest BCUT2D eigenvalue weighted by atomic mass is 10.1. The molecule has 0 atom stereocenters. The quantitative estimate of drug-likeness (QED) is 0.329. The highest BCUT2D eigenvalue weighted by Crippen LogP contribution is 2.32. The Morgan fingerprint density at radius 2 is 1.95 bits per heavy atom. The van der Waals surface area contributed by atoms with E-state index in [1.54, 1.807) is 30.0 Å². The SMILES string of the molecule is C/C=C(/C)OC(=O)N1CCC(Oc2ccc(Nc3ncnc4ccn(CCNC(=O)CS(C)(=O)=O)c34)cc2Cl)CC1. The topological polar surface area (TPSA) is 145 Å². The fraction of sp³-hybridized carbons (Fsp3) is 0.407. The summed E-state index contributed by atoms with van der Waals surface area (Å²) in [6.07, 6.45) is 6.91. The van der Waals surface area contributed by atoms with Gasteiger partial charge in [-0.1, -0.05) is 11.6 Å². The number of sulfone groups is 1. The first-order chi connectivity index (χ1) is 19.5. The van der Waals surface area contributed by atoms with E-state index in [4.69, 9.17) is 21.1 Å². The number of rotatable bonds is 10. The Labute approximate surface area is 243 Å². The van der Waals surface area contributed by atoms with E-state index < -0.39 is 21.5 Å². The molecule has 1 aromatic carbocycles. The van der Waals surface area contributed by atoms with Crippen LogP contribution >= 0.6 is 11.6 Å². The van der Waals surface area contributed by atoms with E-state index in [1.165, 1.54) is 6.33 Å². The zero-order chi connectivity index (χ0) is 29.6. The Hall–Kier alpha value is -3.84. The minimum absolute atomic E-state index is 0.0825. The maximum atomic E-state index is 12.2. The first-order valence-electron chi connectivity index (χ1n) is 13.1. The molecular formula is C27H33ClN6O6S. The Morgan fingerprint density at radius 1 is 1.20 bits per heavy atom. The van der Waals surface area contributed by atoms with Crippen LogP contribution in [0.2, 0.25) is 5.02 Å². The van der Waals surface area contributed by atoms with Gasteiger partial charge in [-0.25, -0.2) is 23.2 Å². The van der Waals surface area contributed by atoms with Crippen LogP contribution in [0, 0.1) is 0 Å². The lowest BCUT2D eigenvalue weighted by molar-refractivity contribution is -0.118. The molecule has 0 unspecified atom stereocenters. The molecule has 2 amide bonds. The lowest BCUT2D eigenvalue weighted by Crippen LogP contribution is -2.41. The highest BCUT2D eigenvalue weighted by Gasteiger charge is 2.25. The zero-order valence-electron chi connectivity index (χ0n) is 23.1. The monoisotopic (exact) mass is 604 g/mol. The summed E-state index contributed by atoms with van der Waals surface area (Å²) in [5, 5.41) is 6.32. The number of hydrogen-bond acceptors (Lipinski definition) is 9. The Kier molecular flexibility index (Phi) is 9.71. The Morgan fingerprint density at radius 3 is 2.63 bits per heavy atom. The third-order valence-corrected chi connectivity index (χ3v) is 7.54. The van der Waals surface area contributed by atoms with Crippen LogP contribution in [0.15, 0.2) is 48.6 Å². The summed E-state index contributed by atoms with van der Waals surface area (Å²) in [7, 11) is -3.40. The average Bonchev–Trinajstić information content (AvgIpc) is 3.33. The van der Waals surface area contributed by atoms with Gasteiger partial charge >= 0.3 is 6.09 Å². The third kappa shape index (κ3) is 8.33. The molecule has 2 N–H and O–H groups in total. The molecule has 4 rings (SSSR count). The zero-order valence-corrected chi connectivity index (χ0v) is 24.7. The second-order valence-corrected chi connectivity index (χ2v) is 12.3. The lowest BCUT2D eigenvalue weighted by Gasteiger charge is -2.31. The van der Waals surface area contributed by atoms with Crippen molar-refractivity contribution in [3.8, 4) is 5.75 Å². The minimum atomic E-state index is -3.40. The van der Waals surface area contributed by atoms with E-state index in [-0.39, 0.29) is 18.7 Å². The van der Waals surface area contributed by atoms with E-state index in [9.17, 15) is 18.0 Å². The molecule has 0 bridgehead atoms. The van der Waals surface area contributed by atoms with Crippen molar-refractivity contribution in [2.45, 2.75) is 39.3 Å². The van der Waals surface area contributed by atoms with Gasteiger partial charge in [0.05, 0.1) is 10.5 Å². The van der Waals surface area contributed by atoms with E-state index in [2.05, 4.69) is 20.6 Å². The van der Waals surface area contributed by atoms with Gasteiger partial charge in [-0.2, -0.15) is 0 Å². The molecule has 41 heavy (non-hydrogen) atoms. The summed E-state index contributed by atoms with van der Waals surface area (Å²) in [6, 6.07) is 7.20. The molecule has 3 heterocycles. The number of anilines is 2. The van der Waals surface area contributed by atoms with Crippen molar-refractivity contribution in [2.75, 3.05) is 37.0 Å². The standard InChI is InChI=1S/C27H33ClN6O6S/c1-4-18(2)39-27(36)34-11-7-20(8-12-34)40-23-6-5-19(15-21(23)28)32-26-25-22(30-17-31-26)9-13-33(25)14-10-29-24(35)16-41(3,37)38/h4-6,9,13,15,17,20H,7-8,10-12,14,16H2,1-3H3,(H,29,35)(H,30,31,32)/b18-4-. The summed E-state index contributed by atoms with van der Waals surface area (Å²) in [5.74, 6) is 0.548. The van der Waals surface area contributed by atoms with Crippen molar-refractivity contribution in [1.82, 2.24) is 24.8 Å². The number of hydrogen-bond donors (Lipinski definition) is 2. The number of carbonyl (C=O) groups is 2. The van der Waals surface area contributed by atoms with E-state index in [0.717, 1.165) is 11.8 Å². The third-order valence-electron chi connectivity index (χ3n) is 6.46. The Bertz CT molecular complexity index is 1550. The van der Waals surface area contributed by atoms with Crippen LogP contribution in [-0.2, 0) is 25.9 Å². The molecule has 0 aliphatic carbocycles. The number of carbonyl (C=O) groups excluding carboxylic acids is 2. The average molecular weight is 605 g/mol. The van der Waals surface area contributed by atoms with Gasteiger partial charge in [0, 0.05) is 57.2 Å². The fourth-order valence-corrected chi connectivity index (χ4v) is 5.13. The number of ether oxygens (including phenoxy) is 2. The molecule has 1 aliphatic rings. The molecular weight excluding hydrogens is 572 g/mol. The second-order valence-electron chi connectivity index (χ2n) is 9.73. The van der Waals surface area contributed by atoms with Crippen molar-refractivity contribution in [3.05, 3.63) is 53.6 Å². The molecule has 1 aliphatic heterocycles. The van der Waals surface area contributed by atoms with Gasteiger partial charge in [-0.05, 0) is 44.2 Å². The largest absolute Gasteiger partial charge is 0.489 e. The molecule has 220 valence electrons. The van der Waals surface area contributed by atoms with E-state index in [0.29, 0.717) is 66.0 Å². The van der Waals surface area contributed by atoms with Crippen molar-refractivity contribution in [3.63, 3.8) is 0 Å². The van der Waals surface area contributed by atoms with E-state index in [1.807, 2.05) is 29.8 Å². The van der Waals surface area contributed by atoms with Gasteiger partial charge in [-0.15, -0.1) is 0 Å². The predicted molar refractivity (Wildman–Crippen MR) is 156 cm³/mol. The van der Waals surface area contributed by atoms with Crippen LogP contribution < -0.4 is 15.4 Å². The smallest absolute Gasteiger partial charge is 0.414 e. The highest BCUT2D eigenvalue weighted by molar-refractivity contribution is 7.91. The van der Waals surface area contributed by atoms with E-state index >= 15 is 0 Å². The van der Waals surface area contributed by atoms with Crippen molar-refractivity contribution in [1.29, 1.82) is 0 Å². The van der Waals surface area contributed by atoms with Crippen LogP contribution in [0.4, 0.5) is 16.3 Å². The number of aromatic nitrogens is 3. The van der Waals surface area contributed by atoms with Crippen LogP contribution in [0.1, 0.15) is 26.7 Å². The molecule has 1 fully saturated rings. The highest BCUT2D eigenvalue weighted by atomic mass is 35.5. The summed E-state index contributed by atoms with van der Waals surface area (Å²) in [6.45, 7) is 5.24. The number of halogens is 1. The summed E-state index contributed by atoms with van der Waals surface area (Å²) < 4.78 is 35.9. The van der Waals surface area contributed by atoms with Crippen molar-refractivity contribution < 1.29 is 27.5 Å². The number of nitrogens with zero attached hydrogens (tertiary/aromatic N) is 4. The molecule has 14 heteroatoms. The number of allylic oxidation sites excluding steroid dienone is 2. The van der Waals surface area contributed by atoms with Crippen molar-refractivity contribution in [2.24, 2.45) is 0 Å². The number of amides is 2. The number of fused-ring (bicyclic) bond motifs is 1. The molecule has 3 aromatic rings. The molecule has 0 radical (unpaired) electrons. The summed E-state index contributed by atoms with van der Waals surface area (Å²) in [5.41, 5.74) is 2.11. The first-order valence-corrected chi connectivity index (χ1v) is 15.5. The normalized spacial score (nSPS) is 14.6. The van der Waals surface area contributed by atoms with Gasteiger partial charge in [0.25, 0.3) is 0 Å². The maximum Gasteiger partial charge on any atom is 0.414 e. The predicted octanol–water partition coefficient (Wildman–Crippen LogP) is 3.89. The van der Waals surface area contributed by atoms with Gasteiger partial charge in [0.1, 0.15) is 35.2 Å². The van der Waals surface area contributed by atoms with Crippen LogP contribution in [0.5, 0.6) is 5.75 Å². The van der Waals surface area contributed by atoms with Crippen molar-refractivity contribution >= 4 is 56.0 Å². The van der Waals surface area contributed by atoms with Gasteiger partial charge in [-0.3, -0.25) is 4.79 Å². The second kappa shape index (κ2) is 13.2. The molecule has 12 nitrogen and oxygen atoms in total. The maximum absolute atomic E-state index is 12.2. The molecule has 0 saturated carbocycles.